The van der Waals surface area contributed by atoms with E-state index in [1.807, 2.05) is 0 Å². The highest BCUT2D eigenvalue weighted by Gasteiger charge is 2.42. The lowest BCUT2D eigenvalue weighted by atomic mass is 9.90. The Labute approximate surface area is 190 Å². The Balaban J connectivity index is 1.11. The van der Waals surface area contributed by atoms with Crippen molar-refractivity contribution < 1.29 is 9.63 Å². The number of rotatable bonds is 6. The zero-order valence-electron chi connectivity index (χ0n) is 18.6. The first-order valence-corrected chi connectivity index (χ1v) is 13.5. The predicted octanol–water partition coefficient (Wildman–Crippen LogP) is 0.646. The molecule has 31 heavy (non-hydrogen) atoms. The molecule has 5 saturated heterocycles. The van der Waals surface area contributed by atoms with E-state index in [1.54, 1.807) is 0 Å². The van der Waals surface area contributed by atoms with Crippen molar-refractivity contribution in [2.45, 2.75) is 81.2 Å². The molecule has 1 amide bonds. The molecule has 5 aliphatic heterocycles. The molecule has 6 atom stereocenters. The van der Waals surface area contributed by atoms with Crippen molar-refractivity contribution in [1.29, 1.82) is 0 Å². The van der Waals surface area contributed by atoms with Crippen LogP contribution in [0.3, 0.4) is 0 Å². The van der Waals surface area contributed by atoms with Crippen molar-refractivity contribution in [2.75, 3.05) is 38.5 Å². The van der Waals surface area contributed by atoms with Crippen LogP contribution in [0.5, 0.6) is 0 Å². The molecule has 0 spiro atoms. The van der Waals surface area contributed by atoms with Crippen LogP contribution in [0.25, 0.3) is 0 Å². The zero-order chi connectivity index (χ0) is 21.2. The Kier molecular flexibility index (Phi) is 7.39. The van der Waals surface area contributed by atoms with Crippen LogP contribution in [0, 0.1) is 11.8 Å². The van der Waals surface area contributed by atoms with Crippen molar-refractivity contribution >= 4 is 17.7 Å². The van der Waals surface area contributed by atoms with E-state index in [4.69, 9.17) is 10.6 Å². The molecule has 5 unspecified atom stereocenters. The highest BCUT2D eigenvalue weighted by molar-refractivity contribution is 8.00. The summed E-state index contributed by atoms with van der Waals surface area (Å²) in [6.07, 6.45) is 10.0. The topological polar surface area (TPSA) is 94.9 Å². The maximum absolute atomic E-state index is 11.5. The van der Waals surface area contributed by atoms with Gasteiger partial charge in [-0.25, -0.2) is 0 Å². The molecule has 8 nitrogen and oxygen atoms in total. The van der Waals surface area contributed by atoms with Gasteiger partial charge < -0.3 is 11.1 Å². The Hall–Kier alpha value is -0.420. The standard InChI is InChI=1S/C22H40N6O2S/c23-20(29)15-6-10-27(11-7-15)19-13-16(5-8-24-19)21-25-22(30-26-21)18-4-1-9-28(18)14-17-3-2-12-31-17/h15-19,21-22,24-26H,1-14H2,(H2,23,29)/t16?,17?,18-,19?,21?,22?/m0/s1. The van der Waals surface area contributed by atoms with E-state index in [9.17, 15) is 4.79 Å². The van der Waals surface area contributed by atoms with E-state index in [-0.39, 0.29) is 24.2 Å². The number of hydroxylamine groups is 1. The fourth-order valence-corrected chi connectivity index (χ4v) is 7.58. The maximum Gasteiger partial charge on any atom is 0.220 e. The first kappa shape index (κ1) is 22.4. The summed E-state index contributed by atoms with van der Waals surface area (Å²) >= 11 is 2.16. The average Bonchev–Trinajstić information content (AvgIpc) is 3.56. The number of carbonyl (C=O) groups is 1. The molecule has 5 N–H and O–H groups in total. The number of carbonyl (C=O) groups excluding carboxylic acids is 1. The second-order valence-corrected chi connectivity index (χ2v) is 11.5. The van der Waals surface area contributed by atoms with Crippen LogP contribution < -0.4 is 21.8 Å². The Morgan fingerprint density at radius 3 is 2.74 bits per heavy atom. The van der Waals surface area contributed by atoms with Gasteiger partial charge in [0, 0.05) is 30.8 Å². The van der Waals surface area contributed by atoms with E-state index < -0.39 is 0 Å². The number of likely N-dealkylation sites (tertiary alicyclic amines) is 2. The summed E-state index contributed by atoms with van der Waals surface area (Å²) in [5.74, 6) is 1.80. The fraction of sp³-hybridized carbons (Fsp3) is 0.955. The molecule has 9 heteroatoms. The lowest BCUT2D eigenvalue weighted by Gasteiger charge is -2.42. The van der Waals surface area contributed by atoms with Gasteiger partial charge in [-0.1, -0.05) is 0 Å². The fourth-order valence-electron chi connectivity index (χ4n) is 6.28. The summed E-state index contributed by atoms with van der Waals surface area (Å²) in [7, 11) is 0. The van der Waals surface area contributed by atoms with Gasteiger partial charge in [-0.3, -0.25) is 24.7 Å². The molecular weight excluding hydrogens is 412 g/mol. The van der Waals surface area contributed by atoms with Crippen molar-refractivity contribution in [3.8, 4) is 0 Å². The number of nitrogens with one attached hydrogen (secondary N) is 3. The number of primary amides is 1. The van der Waals surface area contributed by atoms with E-state index in [0.29, 0.717) is 18.1 Å². The highest BCUT2D eigenvalue weighted by atomic mass is 32.2. The first-order valence-electron chi connectivity index (χ1n) is 12.5. The summed E-state index contributed by atoms with van der Waals surface area (Å²) < 4.78 is 0. The Morgan fingerprint density at radius 1 is 1.10 bits per heavy atom. The van der Waals surface area contributed by atoms with E-state index in [0.717, 1.165) is 50.6 Å². The lowest BCUT2D eigenvalue weighted by molar-refractivity contribution is -0.123. The summed E-state index contributed by atoms with van der Waals surface area (Å²) in [6, 6.07) is 0.490. The Bertz CT molecular complexity index is 613. The minimum atomic E-state index is -0.135. The van der Waals surface area contributed by atoms with Crippen LogP contribution in [-0.4, -0.2) is 84.0 Å². The summed E-state index contributed by atoms with van der Waals surface area (Å²) in [4.78, 5) is 22.8. The summed E-state index contributed by atoms with van der Waals surface area (Å²) in [5, 5.41) is 8.33. The van der Waals surface area contributed by atoms with Gasteiger partial charge in [0.15, 0.2) is 0 Å². The van der Waals surface area contributed by atoms with Crippen LogP contribution >= 0.6 is 11.8 Å². The molecule has 0 bridgehead atoms. The van der Waals surface area contributed by atoms with E-state index in [2.05, 4.69) is 37.7 Å². The minimum Gasteiger partial charge on any atom is -0.369 e. The molecule has 176 valence electrons. The normalized spacial score (nSPS) is 41.2. The number of nitrogens with zero attached hydrogens (tertiary/aromatic N) is 2. The lowest BCUT2D eigenvalue weighted by Crippen LogP contribution is -2.57. The van der Waals surface area contributed by atoms with Crippen molar-refractivity contribution in [3.63, 3.8) is 0 Å². The number of amides is 1. The van der Waals surface area contributed by atoms with Gasteiger partial charge in [0.2, 0.25) is 5.91 Å². The van der Waals surface area contributed by atoms with Gasteiger partial charge in [-0.05, 0) is 76.1 Å². The number of nitrogens with two attached hydrogens (primary N) is 1. The maximum atomic E-state index is 11.5. The third-order valence-corrected chi connectivity index (χ3v) is 9.54. The van der Waals surface area contributed by atoms with E-state index >= 15 is 0 Å². The SMILES string of the molecule is NC(=O)C1CCN(C2CC(C3NOC([C@@H]4CCCN4CC4CCCS4)N3)CCN2)CC1. The molecule has 0 radical (unpaired) electrons. The van der Waals surface area contributed by atoms with Gasteiger partial charge in [-0.15, -0.1) is 0 Å². The van der Waals surface area contributed by atoms with Crippen LogP contribution in [-0.2, 0) is 9.63 Å². The van der Waals surface area contributed by atoms with E-state index in [1.165, 1.54) is 44.5 Å². The predicted molar refractivity (Wildman–Crippen MR) is 123 cm³/mol. The molecule has 0 aromatic heterocycles. The number of piperidine rings is 2. The smallest absolute Gasteiger partial charge is 0.220 e. The summed E-state index contributed by atoms with van der Waals surface area (Å²) in [5.41, 5.74) is 8.87. The molecule has 5 fully saturated rings. The van der Waals surface area contributed by atoms with Crippen LogP contribution in [0.2, 0.25) is 0 Å². The average molecular weight is 453 g/mol. The third-order valence-electron chi connectivity index (χ3n) is 8.16. The largest absolute Gasteiger partial charge is 0.369 e. The number of hydrogen-bond acceptors (Lipinski definition) is 8. The minimum absolute atomic E-state index is 0.0555. The van der Waals surface area contributed by atoms with Crippen LogP contribution in [0.4, 0.5) is 0 Å². The molecule has 0 aliphatic carbocycles. The van der Waals surface area contributed by atoms with Crippen LogP contribution in [0.1, 0.15) is 51.4 Å². The summed E-state index contributed by atoms with van der Waals surface area (Å²) in [6.45, 7) is 5.38. The quantitative estimate of drug-likeness (QED) is 0.467. The third kappa shape index (κ3) is 5.23. The van der Waals surface area contributed by atoms with Crippen molar-refractivity contribution in [1.82, 2.24) is 25.9 Å². The molecule has 0 saturated carbocycles. The second kappa shape index (κ2) is 10.2. The van der Waals surface area contributed by atoms with Gasteiger partial charge in [0.05, 0.1) is 18.4 Å². The highest BCUT2D eigenvalue weighted by Crippen LogP contribution is 2.32. The Morgan fingerprint density at radius 2 is 1.97 bits per heavy atom. The number of thioether (sulfide) groups is 1. The van der Waals surface area contributed by atoms with Crippen LogP contribution in [0.15, 0.2) is 0 Å². The van der Waals surface area contributed by atoms with Gasteiger partial charge in [-0.2, -0.15) is 17.2 Å². The molecule has 0 aromatic carbocycles. The van der Waals surface area contributed by atoms with Crippen molar-refractivity contribution in [2.24, 2.45) is 17.6 Å². The first-order chi connectivity index (χ1) is 15.2. The molecule has 5 aliphatic rings. The molecule has 5 rings (SSSR count). The van der Waals surface area contributed by atoms with Crippen molar-refractivity contribution in [3.05, 3.63) is 0 Å². The molecular formula is C22H40N6O2S. The monoisotopic (exact) mass is 452 g/mol. The zero-order valence-corrected chi connectivity index (χ0v) is 19.5. The number of hydrogen-bond donors (Lipinski definition) is 4. The van der Waals surface area contributed by atoms with Gasteiger partial charge in [0.25, 0.3) is 0 Å². The van der Waals surface area contributed by atoms with Gasteiger partial charge >= 0.3 is 0 Å². The second-order valence-electron chi connectivity index (χ2n) is 10.1. The molecule has 5 heterocycles. The van der Waals surface area contributed by atoms with Gasteiger partial charge in [0.1, 0.15) is 6.23 Å². The molecule has 0 aromatic rings.